The van der Waals surface area contributed by atoms with Crippen LogP contribution in [0.15, 0.2) is 35.7 Å². The van der Waals surface area contributed by atoms with Gasteiger partial charge in [0, 0.05) is 11.8 Å². The van der Waals surface area contributed by atoms with Crippen LogP contribution in [0.1, 0.15) is 34.4 Å². The Morgan fingerprint density at radius 1 is 1.08 bits per heavy atom. The van der Waals surface area contributed by atoms with Gasteiger partial charge in [0.15, 0.2) is 5.13 Å². The molecule has 134 valence electrons. The van der Waals surface area contributed by atoms with Crippen LogP contribution in [0.2, 0.25) is 0 Å². The number of thiazole rings is 1. The van der Waals surface area contributed by atoms with E-state index in [1.807, 2.05) is 37.3 Å². The Labute approximate surface area is 158 Å². The van der Waals surface area contributed by atoms with Gasteiger partial charge in [-0.05, 0) is 18.4 Å². The minimum Gasteiger partial charge on any atom is -0.302 e. The summed E-state index contributed by atoms with van der Waals surface area (Å²) in [7, 11) is 0. The SMILES string of the molecule is CCc1nnc(NC(=O)c2csc(NC(=O)CCc3ccccc3)n2)s1. The predicted molar refractivity (Wildman–Crippen MR) is 103 cm³/mol. The first-order valence-electron chi connectivity index (χ1n) is 8.07. The van der Waals surface area contributed by atoms with E-state index < -0.39 is 0 Å². The number of aryl methyl sites for hydroxylation is 2. The molecule has 0 unspecified atom stereocenters. The molecule has 2 N–H and O–H groups in total. The number of benzene rings is 1. The Hall–Kier alpha value is -2.65. The molecule has 0 radical (unpaired) electrons. The van der Waals surface area contributed by atoms with Gasteiger partial charge in [-0.3, -0.25) is 14.9 Å². The van der Waals surface area contributed by atoms with E-state index >= 15 is 0 Å². The fraction of sp³-hybridized carbons (Fsp3) is 0.235. The standard InChI is InChI=1S/C17H17N5O2S2/c1-2-14-21-22-17(26-14)20-15(24)12-10-25-16(18-12)19-13(23)9-8-11-6-4-3-5-7-11/h3-7,10H,2,8-9H2,1H3,(H,18,19,23)(H,20,22,24). The fourth-order valence-electron chi connectivity index (χ4n) is 2.13. The largest absolute Gasteiger partial charge is 0.302 e. The molecule has 0 bridgehead atoms. The number of rotatable bonds is 7. The van der Waals surface area contributed by atoms with Gasteiger partial charge in [-0.25, -0.2) is 4.98 Å². The van der Waals surface area contributed by atoms with Crippen molar-refractivity contribution in [1.29, 1.82) is 0 Å². The molecule has 3 aromatic rings. The summed E-state index contributed by atoms with van der Waals surface area (Å²) in [5.74, 6) is -0.503. The van der Waals surface area contributed by atoms with Crippen LogP contribution in [-0.2, 0) is 17.6 Å². The Balaban J connectivity index is 1.52. The highest BCUT2D eigenvalue weighted by molar-refractivity contribution is 7.15. The van der Waals surface area contributed by atoms with Crippen molar-refractivity contribution in [3.63, 3.8) is 0 Å². The minimum atomic E-state index is -0.371. The number of amides is 2. The summed E-state index contributed by atoms with van der Waals surface area (Å²) >= 11 is 2.54. The van der Waals surface area contributed by atoms with Gasteiger partial charge in [0.05, 0.1) is 0 Å². The summed E-state index contributed by atoms with van der Waals surface area (Å²) in [4.78, 5) is 28.4. The van der Waals surface area contributed by atoms with E-state index in [9.17, 15) is 9.59 Å². The number of hydrogen-bond donors (Lipinski definition) is 2. The lowest BCUT2D eigenvalue weighted by molar-refractivity contribution is -0.116. The van der Waals surface area contributed by atoms with Crippen molar-refractivity contribution >= 4 is 44.8 Å². The second kappa shape index (κ2) is 8.63. The molecule has 0 saturated carbocycles. The lowest BCUT2D eigenvalue weighted by Gasteiger charge is -2.02. The third-order valence-corrected chi connectivity index (χ3v) is 5.20. The molecule has 7 nitrogen and oxygen atoms in total. The van der Waals surface area contributed by atoms with E-state index in [0.29, 0.717) is 23.1 Å². The van der Waals surface area contributed by atoms with Gasteiger partial charge in [-0.2, -0.15) is 0 Å². The highest BCUT2D eigenvalue weighted by Gasteiger charge is 2.14. The molecule has 0 atom stereocenters. The van der Waals surface area contributed by atoms with Gasteiger partial charge in [-0.15, -0.1) is 21.5 Å². The molecule has 0 aliphatic heterocycles. The van der Waals surface area contributed by atoms with Crippen LogP contribution in [0.25, 0.3) is 0 Å². The maximum absolute atomic E-state index is 12.2. The van der Waals surface area contributed by atoms with E-state index in [4.69, 9.17) is 0 Å². The molecular weight excluding hydrogens is 370 g/mol. The molecule has 3 rings (SSSR count). The molecule has 9 heteroatoms. The van der Waals surface area contributed by atoms with Crippen LogP contribution in [0.4, 0.5) is 10.3 Å². The van der Waals surface area contributed by atoms with Crippen molar-refractivity contribution in [2.75, 3.05) is 10.6 Å². The highest BCUT2D eigenvalue weighted by Crippen LogP contribution is 2.19. The van der Waals surface area contributed by atoms with Crippen molar-refractivity contribution in [1.82, 2.24) is 15.2 Å². The maximum Gasteiger partial charge on any atom is 0.277 e. The highest BCUT2D eigenvalue weighted by atomic mass is 32.1. The number of anilines is 2. The average molecular weight is 387 g/mol. The van der Waals surface area contributed by atoms with Gasteiger partial charge in [-0.1, -0.05) is 48.6 Å². The molecule has 1 aromatic carbocycles. The number of hydrogen-bond acceptors (Lipinski definition) is 7. The van der Waals surface area contributed by atoms with E-state index in [-0.39, 0.29) is 17.5 Å². The first-order chi connectivity index (χ1) is 12.6. The van der Waals surface area contributed by atoms with Crippen LogP contribution >= 0.6 is 22.7 Å². The van der Waals surface area contributed by atoms with Crippen molar-refractivity contribution in [3.05, 3.63) is 52.0 Å². The van der Waals surface area contributed by atoms with E-state index in [1.54, 1.807) is 5.38 Å². The van der Waals surface area contributed by atoms with Gasteiger partial charge >= 0.3 is 0 Å². The first kappa shape index (κ1) is 18.2. The van der Waals surface area contributed by atoms with E-state index in [0.717, 1.165) is 17.0 Å². The summed E-state index contributed by atoms with van der Waals surface area (Å²) in [5.41, 5.74) is 1.34. The first-order valence-corrected chi connectivity index (χ1v) is 9.76. The Morgan fingerprint density at radius 2 is 1.88 bits per heavy atom. The number of carbonyl (C=O) groups is 2. The quantitative estimate of drug-likeness (QED) is 0.648. The average Bonchev–Trinajstić information content (AvgIpc) is 3.30. The zero-order chi connectivity index (χ0) is 18.4. The molecule has 2 amide bonds. The summed E-state index contributed by atoms with van der Waals surface area (Å²) in [6.07, 6.45) is 1.78. The minimum absolute atomic E-state index is 0.133. The zero-order valence-corrected chi connectivity index (χ0v) is 15.7. The molecule has 0 saturated heterocycles. The van der Waals surface area contributed by atoms with Gasteiger partial charge in [0.2, 0.25) is 11.0 Å². The van der Waals surface area contributed by atoms with Crippen molar-refractivity contribution in [3.8, 4) is 0 Å². The van der Waals surface area contributed by atoms with Crippen molar-refractivity contribution in [2.45, 2.75) is 26.2 Å². The summed E-state index contributed by atoms with van der Waals surface area (Å²) in [5, 5.41) is 16.5. The van der Waals surface area contributed by atoms with Crippen molar-refractivity contribution < 1.29 is 9.59 Å². The molecule has 2 aromatic heterocycles. The number of carbonyl (C=O) groups excluding carboxylic acids is 2. The van der Waals surface area contributed by atoms with Crippen molar-refractivity contribution in [2.24, 2.45) is 0 Å². The topological polar surface area (TPSA) is 96.9 Å². The molecule has 0 fully saturated rings. The second-order valence-electron chi connectivity index (χ2n) is 5.38. The van der Waals surface area contributed by atoms with Crippen LogP contribution in [0.3, 0.4) is 0 Å². The zero-order valence-electron chi connectivity index (χ0n) is 14.1. The summed E-state index contributed by atoms with van der Waals surface area (Å²) in [6, 6.07) is 9.80. The molecule has 26 heavy (non-hydrogen) atoms. The smallest absolute Gasteiger partial charge is 0.277 e. The third kappa shape index (κ3) is 4.93. The van der Waals surface area contributed by atoms with Gasteiger partial charge < -0.3 is 5.32 Å². The molecule has 0 aliphatic carbocycles. The molecular formula is C17H17N5O2S2. The Morgan fingerprint density at radius 3 is 2.62 bits per heavy atom. The van der Waals surface area contributed by atoms with E-state index in [1.165, 1.54) is 22.7 Å². The molecule has 0 aliphatic rings. The fourth-order valence-corrected chi connectivity index (χ4v) is 3.51. The van der Waals surface area contributed by atoms with Crippen LogP contribution in [0, 0.1) is 0 Å². The predicted octanol–water partition coefficient (Wildman–Crippen LogP) is 3.38. The van der Waals surface area contributed by atoms with Crippen LogP contribution in [0.5, 0.6) is 0 Å². The lowest BCUT2D eigenvalue weighted by atomic mass is 10.1. The summed E-state index contributed by atoms with van der Waals surface area (Å²) in [6.45, 7) is 1.97. The monoisotopic (exact) mass is 387 g/mol. The molecule has 0 spiro atoms. The second-order valence-corrected chi connectivity index (χ2v) is 7.30. The summed E-state index contributed by atoms with van der Waals surface area (Å²) < 4.78 is 0. The maximum atomic E-state index is 12.2. The Kier molecular flexibility index (Phi) is 6.03. The molecule has 2 heterocycles. The normalized spacial score (nSPS) is 10.5. The van der Waals surface area contributed by atoms with E-state index in [2.05, 4.69) is 25.8 Å². The Bertz CT molecular complexity index is 891. The lowest BCUT2D eigenvalue weighted by Crippen LogP contribution is -2.14. The van der Waals surface area contributed by atoms with Gasteiger partial charge in [0.25, 0.3) is 5.91 Å². The number of nitrogens with one attached hydrogen (secondary N) is 2. The third-order valence-electron chi connectivity index (χ3n) is 3.46. The van der Waals surface area contributed by atoms with Crippen LogP contribution in [-0.4, -0.2) is 27.0 Å². The number of aromatic nitrogens is 3. The number of nitrogens with zero attached hydrogens (tertiary/aromatic N) is 3. The van der Waals surface area contributed by atoms with Crippen LogP contribution < -0.4 is 10.6 Å². The van der Waals surface area contributed by atoms with Gasteiger partial charge in [0.1, 0.15) is 10.7 Å².